The third kappa shape index (κ3) is 4.83. The minimum atomic E-state index is 0.378. The molecule has 0 nitrogen and oxygen atoms in total. The predicted octanol–water partition coefficient (Wildman–Crippen LogP) is 2.65. The fourth-order valence-corrected chi connectivity index (χ4v) is 2.14. The second kappa shape index (κ2) is 6.62. The molecule has 2 unspecified atom stereocenters. The normalized spacial score (nSPS) is 32.3. The Bertz CT molecular complexity index is 127. The summed E-state index contributed by atoms with van der Waals surface area (Å²) < 4.78 is 0. The van der Waals surface area contributed by atoms with E-state index in [-0.39, 0.29) is 0 Å². The first-order chi connectivity index (χ1) is 6.33. The summed E-state index contributed by atoms with van der Waals surface area (Å²) in [4.78, 5) is 0. The van der Waals surface area contributed by atoms with Crippen LogP contribution in [0.4, 0.5) is 0 Å². The van der Waals surface area contributed by atoms with Crippen molar-refractivity contribution in [2.24, 2.45) is 0 Å². The molecule has 1 fully saturated rings. The van der Waals surface area contributed by atoms with Crippen LogP contribution in [0.5, 0.6) is 0 Å². The van der Waals surface area contributed by atoms with Crippen molar-refractivity contribution in [3.05, 3.63) is 0 Å². The molecule has 0 aromatic heterocycles. The molecule has 0 aromatic carbocycles. The molecule has 0 saturated heterocycles. The van der Waals surface area contributed by atoms with Crippen molar-refractivity contribution in [1.29, 1.82) is 0 Å². The highest BCUT2D eigenvalue weighted by molar-refractivity contribution is 6.90. The third-order valence-electron chi connectivity index (χ3n) is 3.03. The Kier molecular flexibility index (Phi) is 5.74. The van der Waals surface area contributed by atoms with Gasteiger partial charge in [-0.15, -0.1) is 0 Å². The molecule has 1 aliphatic rings. The van der Waals surface area contributed by atoms with E-state index in [1.165, 1.54) is 44.9 Å². The van der Waals surface area contributed by atoms with Gasteiger partial charge in [-0.2, -0.15) is 0 Å². The monoisotopic (exact) mass is 171 g/mol. The Balaban J connectivity index is 2.30. The second-order valence-electron chi connectivity index (χ2n) is 4.29. The Labute approximate surface area is 86.3 Å². The maximum Gasteiger partial charge on any atom is 0.0699 e. The molecule has 2 atom stereocenters. The van der Waals surface area contributed by atoms with Crippen molar-refractivity contribution in [1.82, 2.24) is 0 Å². The van der Waals surface area contributed by atoms with E-state index in [2.05, 4.69) is 0 Å². The standard InChI is InChI=1S/C10H18B3/c11-9-6-4-2-1-3-5-7-10(8-9)13-12/h9-10H,1-8H2. The minimum Gasteiger partial charge on any atom is -0.0786 e. The average molecular weight is 171 g/mol. The lowest BCUT2D eigenvalue weighted by molar-refractivity contribution is 0.503. The highest BCUT2D eigenvalue weighted by Gasteiger charge is 2.12. The highest BCUT2D eigenvalue weighted by Crippen LogP contribution is 2.29. The Morgan fingerprint density at radius 3 is 2.23 bits per heavy atom. The molecule has 0 heterocycles. The van der Waals surface area contributed by atoms with Gasteiger partial charge in [0.15, 0.2) is 0 Å². The van der Waals surface area contributed by atoms with Gasteiger partial charge >= 0.3 is 0 Å². The largest absolute Gasteiger partial charge is 0.0786 e. The first-order valence-corrected chi connectivity index (χ1v) is 5.63. The van der Waals surface area contributed by atoms with Crippen LogP contribution in [0.25, 0.3) is 0 Å². The van der Waals surface area contributed by atoms with Gasteiger partial charge in [0.1, 0.15) is 0 Å². The van der Waals surface area contributed by atoms with Crippen molar-refractivity contribution in [3.63, 3.8) is 0 Å². The maximum atomic E-state index is 6.02. The lowest BCUT2D eigenvalue weighted by Crippen LogP contribution is -2.09. The summed E-state index contributed by atoms with van der Waals surface area (Å²) in [5.41, 5.74) is 0. The highest BCUT2D eigenvalue weighted by atomic mass is 14.1. The van der Waals surface area contributed by atoms with Gasteiger partial charge in [0.05, 0.1) is 15.0 Å². The van der Waals surface area contributed by atoms with Crippen LogP contribution in [0.1, 0.15) is 51.4 Å². The Hall–Kier alpha value is 0.195. The second-order valence-corrected chi connectivity index (χ2v) is 4.29. The van der Waals surface area contributed by atoms with Gasteiger partial charge in [-0.05, 0) is 0 Å². The van der Waals surface area contributed by atoms with E-state index < -0.39 is 0 Å². The average Bonchev–Trinajstić information content (AvgIpc) is 2.15. The summed E-state index contributed by atoms with van der Waals surface area (Å²) in [6.45, 7) is 0. The topological polar surface area (TPSA) is 0 Å². The molecule has 0 aromatic rings. The summed E-state index contributed by atoms with van der Waals surface area (Å²) >= 11 is 0. The van der Waals surface area contributed by atoms with Crippen LogP contribution < -0.4 is 0 Å². The molecule has 0 spiro atoms. The van der Waals surface area contributed by atoms with E-state index in [9.17, 15) is 0 Å². The summed E-state index contributed by atoms with van der Waals surface area (Å²) in [6, 6.07) is 0. The van der Waals surface area contributed by atoms with Crippen LogP contribution in [0.3, 0.4) is 0 Å². The summed E-state index contributed by atoms with van der Waals surface area (Å²) in [5.74, 6) is 0.941. The number of hydrogen-bond donors (Lipinski definition) is 0. The fourth-order valence-electron chi connectivity index (χ4n) is 2.14. The third-order valence-corrected chi connectivity index (χ3v) is 3.03. The molecule has 67 valence electrons. The molecule has 0 aliphatic heterocycles. The zero-order valence-electron chi connectivity index (χ0n) is 8.54. The number of hydrogen-bond acceptors (Lipinski definition) is 0. The molecule has 0 bridgehead atoms. The van der Waals surface area contributed by atoms with Crippen LogP contribution >= 0.6 is 0 Å². The van der Waals surface area contributed by atoms with Gasteiger partial charge in [-0.3, -0.25) is 0 Å². The van der Waals surface area contributed by atoms with E-state index >= 15 is 0 Å². The van der Waals surface area contributed by atoms with E-state index in [0.29, 0.717) is 11.6 Å². The van der Waals surface area contributed by atoms with Crippen molar-refractivity contribution >= 4 is 22.8 Å². The zero-order valence-corrected chi connectivity index (χ0v) is 8.54. The molecular formula is C10H18B3. The molecule has 3 heteroatoms. The zero-order chi connectivity index (χ0) is 9.52. The first kappa shape index (κ1) is 11.3. The van der Waals surface area contributed by atoms with Gasteiger partial charge in [0, 0.05) is 7.74 Å². The Morgan fingerprint density at radius 1 is 0.923 bits per heavy atom. The minimum absolute atomic E-state index is 0.378. The summed E-state index contributed by atoms with van der Waals surface area (Å²) in [5, 5.41) is 0. The molecule has 0 N–H and O–H groups in total. The Morgan fingerprint density at radius 2 is 1.54 bits per heavy atom. The molecule has 1 aliphatic carbocycles. The van der Waals surface area contributed by atoms with Gasteiger partial charge in [0.2, 0.25) is 0 Å². The van der Waals surface area contributed by atoms with Crippen molar-refractivity contribution in [3.8, 4) is 0 Å². The fraction of sp³-hybridized carbons (Fsp3) is 1.00. The molecule has 13 heavy (non-hydrogen) atoms. The summed E-state index contributed by atoms with van der Waals surface area (Å²) in [6.07, 6.45) is 10.3. The predicted molar refractivity (Wildman–Crippen MR) is 61.7 cm³/mol. The molecule has 1 saturated carbocycles. The van der Waals surface area contributed by atoms with Gasteiger partial charge in [-0.1, -0.05) is 63.0 Å². The molecule has 1 rings (SSSR count). The lowest BCUT2D eigenvalue weighted by Gasteiger charge is -2.21. The van der Waals surface area contributed by atoms with Crippen molar-refractivity contribution in [2.75, 3.05) is 0 Å². The van der Waals surface area contributed by atoms with Crippen LogP contribution in [0, 0.1) is 0 Å². The van der Waals surface area contributed by atoms with Gasteiger partial charge in [-0.25, -0.2) is 0 Å². The van der Waals surface area contributed by atoms with Crippen LogP contribution in [-0.4, -0.2) is 22.8 Å². The first-order valence-electron chi connectivity index (χ1n) is 5.63. The molecule has 0 amide bonds. The van der Waals surface area contributed by atoms with Crippen molar-refractivity contribution in [2.45, 2.75) is 63.0 Å². The van der Waals surface area contributed by atoms with Gasteiger partial charge in [0.25, 0.3) is 0 Å². The van der Waals surface area contributed by atoms with Gasteiger partial charge < -0.3 is 0 Å². The lowest BCUT2D eigenvalue weighted by atomic mass is 9.44. The summed E-state index contributed by atoms with van der Waals surface area (Å²) in [7, 11) is 13.5. The molecular weight excluding hydrogens is 153 g/mol. The SMILES string of the molecule is [B][B]C1CCCCCCCC([B])C1. The van der Waals surface area contributed by atoms with E-state index in [4.69, 9.17) is 15.6 Å². The van der Waals surface area contributed by atoms with E-state index in [0.717, 1.165) is 6.42 Å². The van der Waals surface area contributed by atoms with Crippen LogP contribution in [-0.2, 0) is 0 Å². The smallest absolute Gasteiger partial charge is 0.0699 e. The molecule has 5 radical (unpaired) electrons. The van der Waals surface area contributed by atoms with E-state index in [1.54, 1.807) is 0 Å². The van der Waals surface area contributed by atoms with Crippen LogP contribution in [0.15, 0.2) is 0 Å². The van der Waals surface area contributed by atoms with E-state index in [1.807, 2.05) is 7.17 Å². The van der Waals surface area contributed by atoms with Crippen LogP contribution in [0.2, 0.25) is 11.6 Å². The number of rotatable bonds is 1. The van der Waals surface area contributed by atoms with Crippen molar-refractivity contribution < 1.29 is 0 Å². The maximum absolute atomic E-state index is 6.02. The quantitative estimate of drug-likeness (QED) is 0.531.